The van der Waals surface area contributed by atoms with Crippen LogP contribution in [0, 0.1) is 5.92 Å². The van der Waals surface area contributed by atoms with Crippen LogP contribution in [0.25, 0.3) is 0 Å². The van der Waals surface area contributed by atoms with Gasteiger partial charge >= 0.3 is 0 Å². The first-order valence-electron chi connectivity index (χ1n) is 6.25. The van der Waals surface area contributed by atoms with E-state index in [0.29, 0.717) is 16.5 Å². The van der Waals surface area contributed by atoms with Crippen LogP contribution < -0.4 is 0 Å². The highest BCUT2D eigenvalue weighted by Gasteiger charge is 2.37. The summed E-state index contributed by atoms with van der Waals surface area (Å²) in [5.41, 5.74) is 0.409. The van der Waals surface area contributed by atoms with Crippen molar-refractivity contribution in [2.24, 2.45) is 5.92 Å². The number of likely N-dealkylation sites (tertiary alicyclic amines) is 1. The van der Waals surface area contributed by atoms with Gasteiger partial charge in [-0.3, -0.25) is 0 Å². The first-order chi connectivity index (χ1) is 8.40. The molecule has 0 bridgehead atoms. The Labute approximate surface area is 119 Å². The number of aliphatic hydroxyl groups is 1. The van der Waals surface area contributed by atoms with Crippen LogP contribution in [-0.2, 0) is 6.42 Å². The Morgan fingerprint density at radius 1 is 1.39 bits per heavy atom. The maximum absolute atomic E-state index is 10.8. The molecule has 1 heterocycles. The molecule has 0 aromatic heterocycles. The summed E-state index contributed by atoms with van der Waals surface area (Å²) < 4.78 is 0. The van der Waals surface area contributed by atoms with Crippen molar-refractivity contribution in [2.75, 3.05) is 20.1 Å². The third-order valence-corrected chi connectivity index (χ3v) is 4.66. The fraction of sp³-hybridized carbons (Fsp3) is 0.571. The largest absolute Gasteiger partial charge is 0.389 e. The molecule has 18 heavy (non-hydrogen) atoms. The van der Waals surface area contributed by atoms with E-state index in [1.54, 1.807) is 6.07 Å². The number of halogens is 2. The van der Waals surface area contributed by atoms with Crippen molar-refractivity contribution in [2.45, 2.75) is 25.4 Å². The van der Waals surface area contributed by atoms with E-state index in [9.17, 15) is 5.11 Å². The third kappa shape index (κ3) is 3.00. The highest BCUT2D eigenvalue weighted by molar-refractivity contribution is 6.42. The fourth-order valence-corrected chi connectivity index (χ4v) is 2.95. The minimum absolute atomic E-state index is 0.255. The first-order valence-corrected chi connectivity index (χ1v) is 7.01. The van der Waals surface area contributed by atoms with E-state index in [2.05, 4.69) is 18.9 Å². The van der Waals surface area contributed by atoms with Gasteiger partial charge in [0.15, 0.2) is 0 Å². The molecule has 1 aromatic rings. The maximum Gasteiger partial charge on any atom is 0.0737 e. The molecule has 4 heteroatoms. The molecule has 2 nitrogen and oxygen atoms in total. The second-order valence-electron chi connectivity index (χ2n) is 5.44. The summed E-state index contributed by atoms with van der Waals surface area (Å²) in [5, 5.41) is 11.9. The fourth-order valence-electron chi connectivity index (χ4n) is 2.63. The van der Waals surface area contributed by atoms with Crippen molar-refractivity contribution in [3.05, 3.63) is 33.8 Å². The Kier molecular flexibility index (Phi) is 4.22. The molecule has 2 atom stereocenters. The minimum Gasteiger partial charge on any atom is -0.389 e. The Balaban J connectivity index is 2.14. The van der Waals surface area contributed by atoms with Crippen molar-refractivity contribution >= 4 is 23.2 Å². The molecule has 1 aromatic carbocycles. The topological polar surface area (TPSA) is 23.5 Å². The van der Waals surface area contributed by atoms with Crippen LogP contribution in [0.1, 0.15) is 18.9 Å². The summed E-state index contributed by atoms with van der Waals surface area (Å²) in [6.07, 6.45) is 1.43. The number of hydrogen-bond acceptors (Lipinski definition) is 2. The van der Waals surface area contributed by atoms with Crippen LogP contribution in [0.15, 0.2) is 18.2 Å². The minimum atomic E-state index is -0.635. The third-order valence-electron chi connectivity index (χ3n) is 3.92. The molecule has 100 valence electrons. The summed E-state index contributed by atoms with van der Waals surface area (Å²) in [6, 6.07) is 5.59. The quantitative estimate of drug-likeness (QED) is 0.903. The van der Waals surface area contributed by atoms with Gasteiger partial charge in [0.05, 0.1) is 15.6 Å². The van der Waals surface area contributed by atoms with Gasteiger partial charge in [0.25, 0.3) is 0 Å². The van der Waals surface area contributed by atoms with E-state index >= 15 is 0 Å². The van der Waals surface area contributed by atoms with Gasteiger partial charge in [-0.1, -0.05) is 36.2 Å². The molecule has 1 saturated heterocycles. The Morgan fingerprint density at radius 3 is 2.72 bits per heavy atom. The van der Waals surface area contributed by atoms with Crippen LogP contribution >= 0.6 is 23.2 Å². The van der Waals surface area contributed by atoms with Crippen LogP contribution in [0.5, 0.6) is 0 Å². The second-order valence-corrected chi connectivity index (χ2v) is 6.26. The summed E-state index contributed by atoms with van der Waals surface area (Å²) in [4.78, 5) is 2.26. The lowest BCUT2D eigenvalue weighted by Crippen LogP contribution is -2.50. The molecule has 2 unspecified atom stereocenters. The maximum atomic E-state index is 10.8. The van der Waals surface area contributed by atoms with Gasteiger partial charge in [0, 0.05) is 19.5 Å². The van der Waals surface area contributed by atoms with Crippen molar-refractivity contribution in [1.29, 1.82) is 0 Å². The smallest absolute Gasteiger partial charge is 0.0737 e. The van der Waals surface area contributed by atoms with Gasteiger partial charge < -0.3 is 10.0 Å². The molecule has 1 aliphatic heterocycles. The Morgan fingerprint density at radius 2 is 2.11 bits per heavy atom. The first kappa shape index (κ1) is 14.1. The molecule has 0 amide bonds. The molecule has 1 N–H and O–H groups in total. The van der Waals surface area contributed by atoms with Crippen LogP contribution in [0.2, 0.25) is 10.0 Å². The predicted octanol–water partition coefficient (Wildman–Crippen LogP) is 3.24. The van der Waals surface area contributed by atoms with Gasteiger partial charge in [-0.05, 0) is 37.1 Å². The summed E-state index contributed by atoms with van der Waals surface area (Å²) >= 11 is 11.9. The number of benzene rings is 1. The molecule has 0 radical (unpaired) electrons. The van der Waals surface area contributed by atoms with Gasteiger partial charge in [0.1, 0.15) is 0 Å². The standard InChI is InChI=1S/C14H19Cl2NO/c1-10-9-17(2)6-5-14(10,18)8-11-3-4-12(15)13(16)7-11/h3-4,7,10,18H,5-6,8-9H2,1-2H3. The van der Waals surface area contributed by atoms with Crippen LogP contribution in [-0.4, -0.2) is 35.7 Å². The average Bonchev–Trinajstić information content (AvgIpc) is 2.30. The van der Waals surface area contributed by atoms with Gasteiger partial charge in [-0.25, -0.2) is 0 Å². The Bertz CT molecular complexity index is 438. The molecule has 0 spiro atoms. The highest BCUT2D eigenvalue weighted by atomic mass is 35.5. The number of hydrogen-bond donors (Lipinski definition) is 1. The van der Waals surface area contributed by atoms with Gasteiger partial charge in [-0.15, -0.1) is 0 Å². The van der Waals surface area contributed by atoms with Gasteiger partial charge in [0.2, 0.25) is 0 Å². The molecule has 2 rings (SSSR count). The van der Waals surface area contributed by atoms with E-state index in [-0.39, 0.29) is 5.92 Å². The van der Waals surface area contributed by atoms with E-state index in [1.165, 1.54) is 0 Å². The molecular formula is C14H19Cl2NO. The lowest BCUT2D eigenvalue weighted by Gasteiger charge is -2.42. The predicted molar refractivity (Wildman–Crippen MR) is 76.4 cm³/mol. The van der Waals surface area contributed by atoms with Crippen molar-refractivity contribution in [3.8, 4) is 0 Å². The SMILES string of the molecule is CC1CN(C)CCC1(O)Cc1ccc(Cl)c(Cl)c1. The zero-order chi connectivity index (χ0) is 13.3. The van der Waals surface area contributed by atoms with Crippen LogP contribution in [0.3, 0.4) is 0 Å². The normalized spacial score (nSPS) is 29.5. The molecule has 1 fully saturated rings. The molecule has 0 aliphatic carbocycles. The van der Waals surface area contributed by atoms with Crippen molar-refractivity contribution in [1.82, 2.24) is 4.90 Å². The van der Waals surface area contributed by atoms with Crippen molar-refractivity contribution < 1.29 is 5.11 Å². The summed E-state index contributed by atoms with van der Waals surface area (Å²) in [6.45, 7) is 3.97. The highest BCUT2D eigenvalue weighted by Crippen LogP contribution is 2.32. The Hall–Kier alpha value is -0.280. The van der Waals surface area contributed by atoms with Crippen LogP contribution in [0.4, 0.5) is 0 Å². The number of piperidine rings is 1. The van der Waals surface area contributed by atoms with Crippen molar-refractivity contribution in [3.63, 3.8) is 0 Å². The zero-order valence-electron chi connectivity index (χ0n) is 10.8. The summed E-state index contributed by atoms with van der Waals surface area (Å²) in [5.74, 6) is 0.255. The summed E-state index contributed by atoms with van der Waals surface area (Å²) in [7, 11) is 2.09. The molecule has 1 aliphatic rings. The van der Waals surface area contributed by atoms with E-state index in [0.717, 1.165) is 25.1 Å². The van der Waals surface area contributed by atoms with E-state index < -0.39 is 5.60 Å². The zero-order valence-corrected chi connectivity index (χ0v) is 12.3. The molecule has 0 saturated carbocycles. The van der Waals surface area contributed by atoms with E-state index in [1.807, 2.05) is 12.1 Å². The van der Waals surface area contributed by atoms with Gasteiger partial charge in [-0.2, -0.15) is 0 Å². The number of nitrogens with zero attached hydrogens (tertiary/aromatic N) is 1. The van der Waals surface area contributed by atoms with E-state index in [4.69, 9.17) is 23.2 Å². The molecular weight excluding hydrogens is 269 g/mol. The second kappa shape index (κ2) is 5.38. The lowest BCUT2D eigenvalue weighted by molar-refractivity contribution is -0.0595. The lowest BCUT2D eigenvalue weighted by atomic mass is 9.78. The average molecular weight is 288 g/mol. The number of rotatable bonds is 2. The monoisotopic (exact) mass is 287 g/mol.